The van der Waals surface area contributed by atoms with Crippen LogP contribution in [0, 0.1) is 13.8 Å². The largest absolute Gasteiger partial charge is 0.408 e. The normalized spacial score (nSPS) is 12.4. The number of Topliss-reactive ketones (excluding diaryl/α,β-unsaturated/α-hetero) is 1. The van der Waals surface area contributed by atoms with Gasteiger partial charge in [-0.15, -0.1) is 0 Å². The fourth-order valence-electron chi connectivity index (χ4n) is 2.74. The third kappa shape index (κ3) is 4.76. The molecule has 2 aromatic heterocycles. The number of rotatable bonds is 5. The van der Waals surface area contributed by atoms with Gasteiger partial charge < -0.3 is 15.2 Å². The van der Waals surface area contributed by atoms with Gasteiger partial charge in [0.15, 0.2) is 0 Å². The van der Waals surface area contributed by atoms with Gasteiger partial charge in [-0.1, -0.05) is 17.7 Å². The Morgan fingerprint density at radius 1 is 1.21 bits per heavy atom. The highest BCUT2D eigenvalue weighted by molar-refractivity contribution is 6.43. The predicted molar refractivity (Wildman–Crippen MR) is 100 cm³/mol. The number of amides is 2. The van der Waals surface area contributed by atoms with Crippen molar-refractivity contribution in [2.45, 2.75) is 33.0 Å². The van der Waals surface area contributed by atoms with Gasteiger partial charge in [0, 0.05) is 12.7 Å². The summed E-state index contributed by atoms with van der Waals surface area (Å²) in [6.07, 6.45) is -4.69. The monoisotopic (exact) mass is 430 g/mol. The molecule has 0 bridgehead atoms. The number of hydrogen-bond donors (Lipinski definition) is 2. The van der Waals surface area contributed by atoms with Crippen LogP contribution in [-0.4, -0.2) is 39.4 Å². The molecule has 0 spiro atoms. The summed E-state index contributed by atoms with van der Waals surface area (Å²) in [5.74, 6) is -3.02. The molecule has 0 aliphatic heterocycles. The number of ketones is 1. The Kier molecular flexibility index (Phi) is 6.37. The quantitative estimate of drug-likeness (QED) is 0.433. The van der Waals surface area contributed by atoms with Crippen LogP contribution < -0.4 is 10.6 Å². The van der Waals surface area contributed by atoms with Crippen molar-refractivity contribution >= 4 is 35.0 Å². The molecule has 0 saturated heterocycles. The molecule has 0 aromatic carbocycles. The molecule has 2 N–H and O–H groups in total. The van der Waals surface area contributed by atoms with Gasteiger partial charge in [0.25, 0.3) is 17.6 Å². The summed E-state index contributed by atoms with van der Waals surface area (Å²) in [5.41, 5.74) is 0.430. The van der Waals surface area contributed by atoms with Gasteiger partial charge in [-0.3, -0.25) is 14.4 Å². The molecule has 2 amide bonds. The van der Waals surface area contributed by atoms with E-state index in [1.54, 1.807) is 18.3 Å². The highest BCUT2D eigenvalue weighted by Gasteiger charge is 2.39. The molecule has 0 saturated carbocycles. The van der Waals surface area contributed by atoms with Gasteiger partial charge in [-0.05, 0) is 38.5 Å². The highest BCUT2D eigenvalue weighted by Crippen LogP contribution is 2.24. The Labute approximate surface area is 169 Å². The molecule has 0 radical (unpaired) electrons. The number of carbonyl (C=O) groups is 3. The Morgan fingerprint density at radius 3 is 2.38 bits per heavy atom. The third-order valence-electron chi connectivity index (χ3n) is 4.37. The SMILES string of the molecule is Cc1c(C(=O)Nc2cccc(Cl)n2)c(C)n(C)c1C(=O)C(=O)N[C@H](C)C(F)(F)F. The van der Waals surface area contributed by atoms with Gasteiger partial charge >= 0.3 is 6.18 Å². The maximum absolute atomic E-state index is 12.7. The van der Waals surface area contributed by atoms with Crippen LogP contribution in [0.3, 0.4) is 0 Å². The van der Waals surface area contributed by atoms with Crippen LogP contribution >= 0.6 is 11.6 Å². The summed E-state index contributed by atoms with van der Waals surface area (Å²) in [5, 5.41) is 4.32. The summed E-state index contributed by atoms with van der Waals surface area (Å²) in [7, 11) is 1.43. The molecule has 156 valence electrons. The lowest BCUT2D eigenvalue weighted by Crippen LogP contribution is -2.46. The van der Waals surface area contributed by atoms with Crippen molar-refractivity contribution in [2.75, 3.05) is 5.32 Å². The fourth-order valence-corrected chi connectivity index (χ4v) is 2.91. The first kappa shape index (κ1) is 22.4. The zero-order chi connectivity index (χ0) is 22.1. The Bertz CT molecular complexity index is 985. The van der Waals surface area contributed by atoms with E-state index >= 15 is 0 Å². The Hall–Kier alpha value is -2.88. The van der Waals surface area contributed by atoms with E-state index in [-0.39, 0.29) is 27.8 Å². The summed E-state index contributed by atoms with van der Waals surface area (Å²) in [6.45, 7) is 3.70. The lowest BCUT2D eigenvalue weighted by atomic mass is 10.1. The molecule has 29 heavy (non-hydrogen) atoms. The van der Waals surface area contributed by atoms with Gasteiger partial charge in [0.2, 0.25) is 0 Å². The number of hydrogen-bond acceptors (Lipinski definition) is 4. The molecular weight excluding hydrogens is 413 g/mol. The van der Waals surface area contributed by atoms with E-state index < -0.39 is 29.8 Å². The van der Waals surface area contributed by atoms with Crippen molar-refractivity contribution in [1.82, 2.24) is 14.9 Å². The first-order chi connectivity index (χ1) is 13.3. The van der Waals surface area contributed by atoms with Crippen LogP contribution in [0.25, 0.3) is 0 Å². The van der Waals surface area contributed by atoms with E-state index in [1.165, 1.54) is 30.7 Å². The van der Waals surface area contributed by atoms with Crippen LogP contribution in [0.4, 0.5) is 19.0 Å². The second kappa shape index (κ2) is 8.24. The van der Waals surface area contributed by atoms with Crippen molar-refractivity contribution < 1.29 is 27.6 Å². The average molecular weight is 431 g/mol. The molecule has 2 heterocycles. The van der Waals surface area contributed by atoms with Gasteiger partial charge in [0.05, 0.1) is 11.3 Å². The summed E-state index contributed by atoms with van der Waals surface area (Å²) in [6, 6.07) is 2.41. The zero-order valence-electron chi connectivity index (χ0n) is 15.9. The van der Waals surface area contributed by atoms with E-state index in [2.05, 4.69) is 10.3 Å². The number of pyridine rings is 1. The van der Waals surface area contributed by atoms with Gasteiger partial charge in [-0.25, -0.2) is 4.98 Å². The van der Waals surface area contributed by atoms with Crippen LogP contribution in [0.5, 0.6) is 0 Å². The number of aromatic nitrogens is 2. The van der Waals surface area contributed by atoms with E-state index in [9.17, 15) is 27.6 Å². The summed E-state index contributed by atoms with van der Waals surface area (Å²) in [4.78, 5) is 41.1. The minimum absolute atomic E-state index is 0.106. The molecule has 2 aromatic rings. The van der Waals surface area contributed by atoms with E-state index in [4.69, 9.17) is 11.6 Å². The molecule has 7 nitrogen and oxygen atoms in total. The maximum Gasteiger partial charge on any atom is 0.408 e. The standard InChI is InChI=1S/C18H18ClF3N4O3/c1-8-13(16(28)25-12-7-5-6-11(19)24-12)9(2)26(4)14(8)15(27)17(29)23-10(3)18(20,21)22/h5-7,10H,1-4H3,(H,23,29)(H,24,25,28)/t10-/m1/s1. The molecule has 0 aliphatic carbocycles. The Balaban J connectivity index is 2.33. The molecule has 0 fully saturated rings. The van der Waals surface area contributed by atoms with Gasteiger partial charge in [0.1, 0.15) is 17.0 Å². The lowest BCUT2D eigenvalue weighted by molar-refractivity contribution is -0.156. The number of anilines is 1. The number of halogens is 4. The Morgan fingerprint density at radius 2 is 1.83 bits per heavy atom. The summed E-state index contributed by atoms with van der Waals surface area (Å²) >= 11 is 5.78. The molecule has 2 rings (SSSR count). The third-order valence-corrected chi connectivity index (χ3v) is 4.58. The molecule has 0 aliphatic rings. The van der Waals surface area contributed by atoms with Crippen LogP contribution in [0.1, 0.15) is 39.0 Å². The first-order valence-corrected chi connectivity index (χ1v) is 8.74. The van der Waals surface area contributed by atoms with Crippen molar-refractivity contribution in [1.29, 1.82) is 0 Å². The smallest absolute Gasteiger partial charge is 0.344 e. The second-order valence-corrected chi connectivity index (χ2v) is 6.75. The average Bonchev–Trinajstić information content (AvgIpc) is 2.82. The van der Waals surface area contributed by atoms with Crippen molar-refractivity contribution in [3.8, 4) is 0 Å². The van der Waals surface area contributed by atoms with Crippen molar-refractivity contribution in [3.63, 3.8) is 0 Å². The predicted octanol–water partition coefficient (Wildman–Crippen LogP) is 3.19. The van der Waals surface area contributed by atoms with Crippen LogP contribution in [-0.2, 0) is 11.8 Å². The van der Waals surface area contributed by atoms with Crippen molar-refractivity contribution in [2.24, 2.45) is 7.05 Å². The van der Waals surface area contributed by atoms with Crippen LogP contribution in [0.15, 0.2) is 18.2 Å². The molecule has 0 unspecified atom stereocenters. The topological polar surface area (TPSA) is 93.1 Å². The minimum Gasteiger partial charge on any atom is -0.344 e. The first-order valence-electron chi connectivity index (χ1n) is 8.36. The molecular formula is C18H18ClF3N4O3. The number of nitrogens with zero attached hydrogens (tertiary/aromatic N) is 2. The van der Waals surface area contributed by atoms with Crippen LogP contribution in [0.2, 0.25) is 5.15 Å². The lowest BCUT2D eigenvalue weighted by Gasteiger charge is -2.16. The summed E-state index contributed by atoms with van der Waals surface area (Å²) < 4.78 is 39.2. The highest BCUT2D eigenvalue weighted by atomic mass is 35.5. The number of carbonyl (C=O) groups excluding carboxylic acids is 3. The van der Waals surface area contributed by atoms with Crippen molar-refractivity contribution in [3.05, 3.63) is 45.9 Å². The molecule has 1 atom stereocenters. The second-order valence-electron chi connectivity index (χ2n) is 6.36. The molecule has 11 heteroatoms. The van der Waals surface area contributed by atoms with Gasteiger partial charge in [-0.2, -0.15) is 13.2 Å². The van der Waals surface area contributed by atoms with E-state index in [0.717, 1.165) is 6.92 Å². The van der Waals surface area contributed by atoms with E-state index in [0.29, 0.717) is 5.69 Å². The minimum atomic E-state index is -4.69. The number of alkyl halides is 3. The fraction of sp³-hybridized carbons (Fsp3) is 0.333. The maximum atomic E-state index is 12.7. The van der Waals surface area contributed by atoms with E-state index in [1.807, 2.05) is 0 Å². The number of nitrogens with one attached hydrogen (secondary N) is 2. The zero-order valence-corrected chi connectivity index (χ0v) is 16.7.